The number of hydrogen-bond donors (Lipinski definition) is 1. The number of benzene rings is 1. The van der Waals surface area contributed by atoms with E-state index in [0.717, 1.165) is 57.9 Å². The minimum atomic E-state index is -4.51. The summed E-state index contributed by atoms with van der Waals surface area (Å²) in [5, 5.41) is 3.28. The summed E-state index contributed by atoms with van der Waals surface area (Å²) >= 11 is 0. The molecule has 0 unspecified atom stereocenters. The van der Waals surface area contributed by atoms with E-state index in [1.54, 1.807) is 0 Å². The van der Waals surface area contributed by atoms with Gasteiger partial charge in [-0.25, -0.2) is 4.39 Å². The Morgan fingerprint density at radius 2 is 1.68 bits per heavy atom. The van der Waals surface area contributed by atoms with Gasteiger partial charge in [-0.05, 0) is 30.9 Å². The summed E-state index contributed by atoms with van der Waals surface area (Å²) in [6, 6.07) is 2.93. The van der Waals surface area contributed by atoms with Gasteiger partial charge in [-0.3, -0.25) is 4.90 Å². The van der Waals surface area contributed by atoms with E-state index in [1.165, 1.54) is 12.5 Å². The molecule has 2 aliphatic rings. The lowest BCUT2D eigenvalue weighted by Crippen LogP contribution is -2.47. The van der Waals surface area contributed by atoms with E-state index >= 15 is 0 Å². The van der Waals surface area contributed by atoms with Crippen LogP contribution in [0.5, 0.6) is 0 Å². The van der Waals surface area contributed by atoms with Gasteiger partial charge in [-0.1, -0.05) is 25.3 Å². The van der Waals surface area contributed by atoms with Crippen molar-refractivity contribution in [3.8, 4) is 0 Å². The number of nitrogens with one attached hydrogen (secondary N) is 1. The highest BCUT2D eigenvalue weighted by molar-refractivity contribution is 5.85. The average Bonchev–Trinajstić information content (AvgIpc) is 2.58. The molecule has 2 fully saturated rings. The van der Waals surface area contributed by atoms with Gasteiger partial charge in [-0.2, -0.15) is 13.2 Å². The summed E-state index contributed by atoms with van der Waals surface area (Å²) in [5.74, 6) is -0.401. The van der Waals surface area contributed by atoms with Gasteiger partial charge >= 0.3 is 6.18 Å². The van der Waals surface area contributed by atoms with Crippen LogP contribution in [0.3, 0.4) is 0 Å². The highest BCUT2D eigenvalue weighted by Crippen LogP contribution is 2.40. The van der Waals surface area contributed by atoms with Gasteiger partial charge in [0.15, 0.2) is 0 Å². The van der Waals surface area contributed by atoms with Crippen LogP contribution in [0, 0.1) is 11.7 Å². The van der Waals surface area contributed by atoms with E-state index in [0.29, 0.717) is 17.5 Å². The molecule has 0 spiro atoms. The largest absolute Gasteiger partial charge is 0.416 e. The van der Waals surface area contributed by atoms with Gasteiger partial charge in [-0.15, -0.1) is 12.4 Å². The Balaban J connectivity index is 0.00000225. The normalized spacial score (nSPS) is 21.6. The van der Waals surface area contributed by atoms with E-state index in [9.17, 15) is 17.6 Å². The molecule has 1 N–H and O–H groups in total. The summed E-state index contributed by atoms with van der Waals surface area (Å²) in [5.41, 5.74) is -0.483. The molecular weight excluding hydrogens is 356 g/mol. The van der Waals surface area contributed by atoms with Crippen LogP contribution < -0.4 is 5.32 Å². The second kappa shape index (κ2) is 8.69. The molecule has 142 valence electrons. The van der Waals surface area contributed by atoms with Crippen LogP contribution in [0.1, 0.15) is 49.3 Å². The average molecular weight is 381 g/mol. The maximum atomic E-state index is 14.6. The minimum absolute atomic E-state index is 0. The van der Waals surface area contributed by atoms with Crippen LogP contribution in [0.4, 0.5) is 17.6 Å². The fourth-order valence-corrected chi connectivity index (χ4v) is 4.10. The van der Waals surface area contributed by atoms with E-state index in [2.05, 4.69) is 10.2 Å². The summed E-state index contributed by atoms with van der Waals surface area (Å²) < 4.78 is 53.1. The van der Waals surface area contributed by atoms with Crippen LogP contribution in [-0.4, -0.2) is 31.1 Å². The lowest BCUT2D eigenvalue weighted by Gasteiger charge is -2.41. The fraction of sp³-hybridized carbons (Fsp3) is 0.667. The Labute approximate surface area is 152 Å². The predicted molar refractivity (Wildman–Crippen MR) is 92.4 cm³/mol. The number of nitrogens with zero attached hydrogens (tertiary/aromatic N) is 1. The van der Waals surface area contributed by atoms with Gasteiger partial charge in [0, 0.05) is 37.8 Å². The number of alkyl halides is 3. The smallest absolute Gasteiger partial charge is 0.314 e. The molecular formula is C18H25ClF4N2. The van der Waals surface area contributed by atoms with Crippen molar-refractivity contribution in [2.75, 3.05) is 26.2 Å². The van der Waals surface area contributed by atoms with Crippen molar-refractivity contribution >= 4 is 12.4 Å². The summed E-state index contributed by atoms with van der Waals surface area (Å²) in [7, 11) is 0. The van der Waals surface area contributed by atoms with Crippen LogP contribution >= 0.6 is 12.4 Å². The molecule has 1 atom stereocenters. The molecule has 0 aromatic heterocycles. The highest BCUT2D eigenvalue weighted by atomic mass is 35.5. The quantitative estimate of drug-likeness (QED) is 0.758. The maximum absolute atomic E-state index is 14.6. The molecule has 1 heterocycles. The van der Waals surface area contributed by atoms with Crippen LogP contribution in [0.15, 0.2) is 18.2 Å². The van der Waals surface area contributed by atoms with E-state index in [1.807, 2.05) is 0 Å². The topological polar surface area (TPSA) is 15.3 Å². The molecule has 1 aliphatic carbocycles. The molecule has 2 nitrogen and oxygen atoms in total. The first-order valence-electron chi connectivity index (χ1n) is 8.78. The third-order valence-electron chi connectivity index (χ3n) is 5.29. The maximum Gasteiger partial charge on any atom is 0.416 e. The van der Waals surface area contributed by atoms with Crippen molar-refractivity contribution in [2.24, 2.45) is 5.92 Å². The molecule has 3 rings (SSSR count). The zero-order valence-corrected chi connectivity index (χ0v) is 14.9. The summed E-state index contributed by atoms with van der Waals surface area (Å²) in [6.45, 7) is 3.29. The zero-order chi connectivity index (χ0) is 17.2. The summed E-state index contributed by atoms with van der Waals surface area (Å²) in [4.78, 5) is 2.25. The van der Waals surface area contributed by atoms with Crippen molar-refractivity contribution in [3.05, 3.63) is 35.1 Å². The number of hydrogen-bond acceptors (Lipinski definition) is 2. The Morgan fingerprint density at radius 1 is 1.04 bits per heavy atom. The van der Waals surface area contributed by atoms with Crippen molar-refractivity contribution in [1.82, 2.24) is 10.2 Å². The Kier molecular flexibility index (Phi) is 7.11. The monoisotopic (exact) mass is 380 g/mol. The molecule has 7 heteroatoms. The van der Waals surface area contributed by atoms with Gasteiger partial charge in [0.05, 0.1) is 5.56 Å². The van der Waals surface area contributed by atoms with Crippen LogP contribution in [-0.2, 0) is 6.18 Å². The third-order valence-corrected chi connectivity index (χ3v) is 5.29. The van der Waals surface area contributed by atoms with Crippen molar-refractivity contribution in [3.63, 3.8) is 0 Å². The molecule has 1 aromatic rings. The zero-order valence-electron chi connectivity index (χ0n) is 14.1. The number of halogens is 5. The lowest BCUT2D eigenvalue weighted by molar-refractivity contribution is -0.137. The fourth-order valence-electron chi connectivity index (χ4n) is 4.10. The molecule has 0 bridgehead atoms. The first-order chi connectivity index (χ1) is 11.5. The van der Waals surface area contributed by atoms with Crippen molar-refractivity contribution in [1.29, 1.82) is 0 Å². The Bertz CT molecular complexity index is 534. The van der Waals surface area contributed by atoms with Gasteiger partial charge in [0.1, 0.15) is 5.82 Å². The third kappa shape index (κ3) is 4.86. The van der Waals surface area contributed by atoms with Gasteiger partial charge in [0.25, 0.3) is 0 Å². The number of piperazine rings is 1. The second-order valence-electron chi connectivity index (χ2n) is 6.86. The van der Waals surface area contributed by atoms with Crippen molar-refractivity contribution in [2.45, 2.75) is 44.3 Å². The van der Waals surface area contributed by atoms with Gasteiger partial charge in [0.2, 0.25) is 0 Å². The molecule has 25 heavy (non-hydrogen) atoms. The Hall–Kier alpha value is -0.850. The van der Waals surface area contributed by atoms with Crippen molar-refractivity contribution < 1.29 is 17.6 Å². The first kappa shape index (κ1) is 20.5. The van der Waals surface area contributed by atoms with Crippen LogP contribution in [0.2, 0.25) is 0 Å². The molecule has 1 saturated carbocycles. The van der Waals surface area contributed by atoms with E-state index in [-0.39, 0.29) is 18.4 Å². The SMILES string of the molecule is Cl.Fc1cc(C(F)(F)F)ccc1[C@H](C1CCCCC1)N1CCNCC1. The summed E-state index contributed by atoms with van der Waals surface area (Å²) in [6.07, 6.45) is 0.976. The van der Waals surface area contributed by atoms with E-state index < -0.39 is 17.6 Å². The molecule has 1 saturated heterocycles. The predicted octanol–water partition coefficient (Wildman–Crippen LogP) is 4.79. The Morgan fingerprint density at radius 3 is 2.24 bits per heavy atom. The first-order valence-corrected chi connectivity index (χ1v) is 8.78. The van der Waals surface area contributed by atoms with E-state index in [4.69, 9.17) is 0 Å². The molecule has 1 aliphatic heterocycles. The molecule has 1 aromatic carbocycles. The number of rotatable bonds is 3. The standard InChI is InChI=1S/C18H24F4N2.ClH/c19-16-12-14(18(20,21)22)6-7-15(16)17(13-4-2-1-3-5-13)24-10-8-23-9-11-24;/h6-7,12-13,17,23H,1-5,8-11H2;1H/t17-;/m0./s1. The minimum Gasteiger partial charge on any atom is -0.314 e. The second-order valence-corrected chi connectivity index (χ2v) is 6.86. The van der Waals surface area contributed by atoms with Gasteiger partial charge < -0.3 is 5.32 Å². The lowest BCUT2D eigenvalue weighted by atomic mass is 9.80. The molecule has 0 radical (unpaired) electrons. The van der Waals surface area contributed by atoms with Crippen LogP contribution in [0.25, 0.3) is 0 Å². The molecule has 0 amide bonds. The highest BCUT2D eigenvalue weighted by Gasteiger charge is 2.35.